The summed E-state index contributed by atoms with van der Waals surface area (Å²) in [6.07, 6.45) is 3.38. The average Bonchev–Trinajstić information content (AvgIpc) is 3.27. The third kappa shape index (κ3) is 4.03. The molecule has 0 unspecified atom stereocenters. The van der Waals surface area contributed by atoms with Gasteiger partial charge in [-0.2, -0.15) is 0 Å². The summed E-state index contributed by atoms with van der Waals surface area (Å²) in [6, 6.07) is 7.50. The highest BCUT2D eigenvalue weighted by atomic mass is 35.5. The minimum absolute atomic E-state index is 0. The normalized spacial score (nSPS) is 18.1. The Morgan fingerprint density at radius 1 is 1.25 bits per heavy atom. The Kier molecular flexibility index (Phi) is 6.30. The van der Waals surface area contributed by atoms with Gasteiger partial charge in [0.15, 0.2) is 0 Å². The van der Waals surface area contributed by atoms with Gasteiger partial charge in [0, 0.05) is 19.6 Å². The van der Waals surface area contributed by atoms with Crippen molar-refractivity contribution in [1.29, 1.82) is 0 Å². The van der Waals surface area contributed by atoms with E-state index in [-0.39, 0.29) is 18.3 Å². The van der Waals surface area contributed by atoms with Gasteiger partial charge in [0.25, 0.3) is 5.91 Å². The molecule has 2 saturated heterocycles. The summed E-state index contributed by atoms with van der Waals surface area (Å²) in [5.41, 5.74) is 2.79. The number of nitrogens with one attached hydrogen (secondary N) is 1. The van der Waals surface area contributed by atoms with E-state index in [2.05, 4.69) is 10.5 Å². The van der Waals surface area contributed by atoms with E-state index in [0.29, 0.717) is 23.3 Å². The molecule has 2 aliphatic heterocycles. The molecule has 28 heavy (non-hydrogen) atoms. The van der Waals surface area contributed by atoms with Crippen molar-refractivity contribution in [3.63, 3.8) is 0 Å². The Hall–Kier alpha value is -2.05. The molecule has 152 valence electrons. The van der Waals surface area contributed by atoms with E-state index in [1.807, 2.05) is 43.0 Å². The molecule has 1 N–H and O–H groups in total. The molecule has 0 aliphatic carbocycles. The molecule has 7 heteroatoms. The number of aromatic nitrogens is 1. The van der Waals surface area contributed by atoms with Gasteiger partial charge in [0.2, 0.25) is 0 Å². The number of ether oxygens (including phenoxy) is 1. The maximum Gasteiger partial charge on any atom is 0.257 e. The van der Waals surface area contributed by atoms with Gasteiger partial charge in [-0.15, -0.1) is 12.4 Å². The third-order valence-electron chi connectivity index (χ3n) is 6.11. The van der Waals surface area contributed by atoms with Crippen molar-refractivity contribution in [2.45, 2.75) is 39.7 Å². The second-order valence-electron chi connectivity index (χ2n) is 7.81. The second kappa shape index (κ2) is 8.53. The van der Waals surface area contributed by atoms with E-state index in [0.717, 1.165) is 56.0 Å². The summed E-state index contributed by atoms with van der Waals surface area (Å²) in [5.74, 6) is 1.43. The molecule has 0 atom stereocenters. The third-order valence-corrected chi connectivity index (χ3v) is 6.11. The molecule has 0 bridgehead atoms. The summed E-state index contributed by atoms with van der Waals surface area (Å²) in [5, 5.41) is 7.43. The van der Waals surface area contributed by atoms with Crippen LogP contribution in [0, 0.1) is 19.3 Å². The lowest BCUT2D eigenvalue weighted by Crippen LogP contribution is -2.44. The van der Waals surface area contributed by atoms with E-state index in [9.17, 15) is 4.79 Å². The molecule has 0 radical (unpaired) electrons. The monoisotopic (exact) mass is 405 g/mol. The fourth-order valence-corrected chi connectivity index (χ4v) is 4.20. The average molecular weight is 406 g/mol. The number of para-hydroxylation sites is 1. The number of hydrogen-bond donors (Lipinski definition) is 1. The SMILES string of the molecule is Cc1noc(C)c1COc1ccccc1C(=O)N1CCC2(CCNC2)CC1.Cl. The number of carbonyl (C=O) groups is 1. The summed E-state index contributed by atoms with van der Waals surface area (Å²) >= 11 is 0. The van der Waals surface area contributed by atoms with Crippen molar-refractivity contribution in [3.8, 4) is 5.75 Å². The molecular formula is C21H28ClN3O3. The lowest BCUT2D eigenvalue weighted by Gasteiger charge is -2.39. The van der Waals surface area contributed by atoms with Crippen molar-refractivity contribution in [3.05, 3.63) is 46.8 Å². The number of halogens is 1. The summed E-state index contributed by atoms with van der Waals surface area (Å²) in [7, 11) is 0. The van der Waals surface area contributed by atoms with Crippen LogP contribution in [0.1, 0.15) is 46.6 Å². The maximum atomic E-state index is 13.1. The van der Waals surface area contributed by atoms with E-state index < -0.39 is 0 Å². The van der Waals surface area contributed by atoms with Crippen molar-refractivity contribution in [2.24, 2.45) is 5.41 Å². The number of piperidine rings is 1. The predicted molar refractivity (Wildman–Crippen MR) is 109 cm³/mol. The lowest BCUT2D eigenvalue weighted by atomic mass is 9.78. The second-order valence-corrected chi connectivity index (χ2v) is 7.81. The number of likely N-dealkylation sites (tertiary alicyclic amines) is 1. The van der Waals surface area contributed by atoms with Gasteiger partial charge in [0.05, 0.1) is 16.8 Å². The molecule has 2 fully saturated rings. The van der Waals surface area contributed by atoms with Gasteiger partial charge in [0.1, 0.15) is 18.1 Å². The number of aryl methyl sites for hydroxylation is 2. The molecule has 3 heterocycles. The zero-order valence-corrected chi connectivity index (χ0v) is 17.3. The van der Waals surface area contributed by atoms with Crippen LogP contribution in [0.3, 0.4) is 0 Å². The Labute approximate surface area is 172 Å². The molecule has 1 aromatic heterocycles. The zero-order chi connectivity index (χ0) is 18.9. The quantitative estimate of drug-likeness (QED) is 0.843. The summed E-state index contributed by atoms with van der Waals surface area (Å²) < 4.78 is 11.2. The van der Waals surface area contributed by atoms with Crippen molar-refractivity contribution < 1.29 is 14.1 Å². The Morgan fingerprint density at radius 2 is 2.00 bits per heavy atom. The van der Waals surface area contributed by atoms with Crippen LogP contribution < -0.4 is 10.1 Å². The van der Waals surface area contributed by atoms with Gasteiger partial charge in [-0.1, -0.05) is 17.3 Å². The Bertz CT molecular complexity index is 801. The number of nitrogens with zero attached hydrogens (tertiary/aromatic N) is 2. The Balaban J connectivity index is 0.00000225. The smallest absolute Gasteiger partial charge is 0.257 e. The molecule has 1 amide bonds. The molecule has 2 aliphatic rings. The topological polar surface area (TPSA) is 67.6 Å². The molecule has 2 aromatic rings. The lowest BCUT2D eigenvalue weighted by molar-refractivity contribution is 0.0603. The first kappa shape index (κ1) is 20.7. The van der Waals surface area contributed by atoms with Crippen molar-refractivity contribution >= 4 is 18.3 Å². The van der Waals surface area contributed by atoms with Gasteiger partial charge >= 0.3 is 0 Å². The molecule has 1 spiro atoms. The van der Waals surface area contributed by atoms with Crippen LogP contribution in [0.2, 0.25) is 0 Å². The van der Waals surface area contributed by atoms with Gasteiger partial charge < -0.3 is 19.5 Å². The van der Waals surface area contributed by atoms with Gasteiger partial charge in [-0.3, -0.25) is 4.79 Å². The highest BCUT2D eigenvalue weighted by Gasteiger charge is 2.38. The molecular weight excluding hydrogens is 378 g/mol. The molecule has 0 saturated carbocycles. The van der Waals surface area contributed by atoms with Crippen LogP contribution in [0.5, 0.6) is 5.75 Å². The van der Waals surface area contributed by atoms with E-state index in [1.165, 1.54) is 6.42 Å². The minimum Gasteiger partial charge on any atom is -0.488 e. The summed E-state index contributed by atoms with van der Waals surface area (Å²) in [4.78, 5) is 15.1. The number of amides is 1. The van der Waals surface area contributed by atoms with Crippen LogP contribution in [-0.2, 0) is 6.61 Å². The highest BCUT2D eigenvalue weighted by molar-refractivity contribution is 5.97. The van der Waals surface area contributed by atoms with Crippen LogP contribution in [0.15, 0.2) is 28.8 Å². The van der Waals surface area contributed by atoms with Crippen molar-refractivity contribution in [2.75, 3.05) is 26.2 Å². The number of hydrogen-bond acceptors (Lipinski definition) is 5. The molecule has 6 nitrogen and oxygen atoms in total. The zero-order valence-electron chi connectivity index (χ0n) is 16.5. The first-order valence-corrected chi connectivity index (χ1v) is 9.72. The van der Waals surface area contributed by atoms with Crippen molar-refractivity contribution in [1.82, 2.24) is 15.4 Å². The Morgan fingerprint density at radius 3 is 2.64 bits per heavy atom. The fourth-order valence-electron chi connectivity index (χ4n) is 4.20. The predicted octanol–water partition coefficient (Wildman–Crippen LogP) is 3.51. The highest BCUT2D eigenvalue weighted by Crippen LogP contribution is 2.37. The van der Waals surface area contributed by atoms with Crippen LogP contribution in [0.25, 0.3) is 0 Å². The van der Waals surface area contributed by atoms with Gasteiger partial charge in [-0.05, 0) is 57.2 Å². The van der Waals surface area contributed by atoms with E-state index in [4.69, 9.17) is 9.26 Å². The van der Waals surface area contributed by atoms with Crippen LogP contribution in [0.4, 0.5) is 0 Å². The molecule has 4 rings (SSSR count). The maximum absolute atomic E-state index is 13.1. The number of rotatable bonds is 4. The number of benzene rings is 1. The number of carbonyl (C=O) groups excluding carboxylic acids is 1. The first-order chi connectivity index (χ1) is 13.1. The van der Waals surface area contributed by atoms with Crippen LogP contribution >= 0.6 is 12.4 Å². The van der Waals surface area contributed by atoms with Gasteiger partial charge in [-0.25, -0.2) is 0 Å². The van der Waals surface area contributed by atoms with Crippen LogP contribution in [-0.4, -0.2) is 42.1 Å². The summed E-state index contributed by atoms with van der Waals surface area (Å²) in [6.45, 7) is 7.95. The largest absolute Gasteiger partial charge is 0.488 e. The first-order valence-electron chi connectivity index (χ1n) is 9.72. The fraction of sp³-hybridized carbons (Fsp3) is 0.524. The minimum atomic E-state index is 0. The molecule has 1 aromatic carbocycles. The van der Waals surface area contributed by atoms with E-state index in [1.54, 1.807) is 0 Å². The van der Waals surface area contributed by atoms with E-state index >= 15 is 0 Å². The standard InChI is InChI=1S/C21H27N3O3.ClH/c1-15-18(16(2)27-23-15)13-26-19-6-4-3-5-17(19)20(25)24-11-8-21(9-12-24)7-10-22-14-21;/h3-6,22H,7-14H2,1-2H3;1H.